The number of benzene rings is 2. The Bertz CT molecular complexity index is 1010. The Hall–Kier alpha value is -2.61. The summed E-state index contributed by atoms with van der Waals surface area (Å²) in [6.07, 6.45) is 1.74. The van der Waals surface area contributed by atoms with Crippen molar-refractivity contribution in [2.75, 3.05) is 11.9 Å². The van der Waals surface area contributed by atoms with E-state index in [1.54, 1.807) is 25.1 Å². The van der Waals surface area contributed by atoms with E-state index in [1.165, 1.54) is 11.9 Å². The number of sulfonamides is 1. The Labute approximate surface area is 155 Å². The molecule has 27 heavy (non-hydrogen) atoms. The van der Waals surface area contributed by atoms with Gasteiger partial charge in [-0.15, -0.1) is 4.40 Å². The normalized spacial score (nSPS) is 19.4. The van der Waals surface area contributed by atoms with E-state index in [2.05, 4.69) is 4.40 Å². The van der Waals surface area contributed by atoms with Gasteiger partial charge in [0, 0.05) is 24.2 Å². The molecular formula is C19H17F3N2O2S. The van der Waals surface area contributed by atoms with Crippen molar-refractivity contribution in [3.63, 3.8) is 0 Å². The third-order valence-corrected chi connectivity index (χ3v) is 5.33. The number of halogens is 3. The maximum Gasteiger partial charge on any atom is 0.518 e. The molecule has 0 saturated carbocycles. The maximum absolute atomic E-state index is 12.9. The van der Waals surface area contributed by atoms with E-state index in [0.717, 1.165) is 16.7 Å². The lowest BCUT2D eigenvalue weighted by molar-refractivity contribution is -0.0435. The highest BCUT2D eigenvalue weighted by atomic mass is 32.2. The van der Waals surface area contributed by atoms with E-state index in [1.807, 2.05) is 42.5 Å². The molecule has 1 aliphatic heterocycles. The fourth-order valence-corrected chi connectivity index (χ4v) is 3.66. The molecule has 0 radical (unpaired) electrons. The van der Waals surface area contributed by atoms with Gasteiger partial charge in [-0.3, -0.25) is 0 Å². The van der Waals surface area contributed by atoms with E-state index >= 15 is 0 Å². The van der Waals surface area contributed by atoms with Crippen LogP contribution in [-0.4, -0.2) is 26.8 Å². The van der Waals surface area contributed by atoms with Crippen LogP contribution in [0.4, 0.5) is 18.9 Å². The fourth-order valence-electron chi connectivity index (χ4n) is 3.03. The SMILES string of the molecule is CC1C=C(c2ccccc2)c2ccccc2N(C)/C1=N\S(=O)(=O)C(F)(F)F. The molecule has 4 nitrogen and oxygen atoms in total. The van der Waals surface area contributed by atoms with E-state index in [9.17, 15) is 21.6 Å². The summed E-state index contributed by atoms with van der Waals surface area (Å²) in [5.74, 6) is -0.847. The highest BCUT2D eigenvalue weighted by molar-refractivity contribution is 7.91. The first-order valence-corrected chi connectivity index (χ1v) is 9.57. The number of hydrogen-bond acceptors (Lipinski definition) is 2. The summed E-state index contributed by atoms with van der Waals surface area (Å²) in [6, 6.07) is 16.5. The summed E-state index contributed by atoms with van der Waals surface area (Å²) >= 11 is 0. The molecule has 1 heterocycles. The molecule has 0 fully saturated rings. The van der Waals surface area contributed by atoms with E-state index in [0.29, 0.717) is 5.69 Å². The predicted octanol–water partition coefficient (Wildman–Crippen LogP) is 4.45. The van der Waals surface area contributed by atoms with Crippen molar-refractivity contribution in [3.8, 4) is 0 Å². The Balaban J connectivity index is 2.24. The highest BCUT2D eigenvalue weighted by Crippen LogP contribution is 2.37. The Morgan fingerprint density at radius 2 is 1.59 bits per heavy atom. The molecule has 2 aromatic rings. The van der Waals surface area contributed by atoms with Gasteiger partial charge in [-0.25, -0.2) is 0 Å². The van der Waals surface area contributed by atoms with Gasteiger partial charge >= 0.3 is 15.5 Å². The van der Waals surface area contributed by atoms with Crippen molar-refractivity contribution in [2.45, 2.75) is 12.4 Å². The maximum atomic E-state index is 12.9. The predicted molar refractivity (Wildman–Crippen MR) is 99.9 cm³/mol. The minimum Gasteiger partial charge on any atom is -0.331 e. The number of para-hydroxylation sites is 1. The standard InChI is InChI=1S/C19H17F3N2O2S/c1-13-12-16(14-8-4-3-5-9-14)15-10-6-7-11-17(15)24(2)18(13)23-27(25,26)19(20,21)22/h3-13H,1-2H3/b23-18-. The van der Waals surface area contributed by atoms with Gasteiger partial charge in [-0.05, 0) is 17.2 Å². The molecule has 1 unspecified atom stereocenters. The first-order chi connectivity index (χ1) is 12.6. The highest BCUT2D eigenvalue weighted by Gasteiger charge is 2.47. The van der Waals surface area contributed by atoms with Crippen LogP contribution in [0.5, 0.6) is 0 Å². The lowest BCUT2D eigenvalue weighted by atomic mass is 9.94. The fraction of sp³-hybridized carbons (Fsp3) is 0.211. The lowest BCUT2D eigenvalue weighted by Gasteiger charge is -2.24. The van der Waals surface area contributed by atoms with Gasteiger partial charge in [0.25, 0.3) is 0 Å². The molecule has 0 N–H and O–H groups in total. The molecule has 1 atom stereocenters. The van der Waals surface area contributed by atoms with Gasteiger partial charge in [-0.1, -0.05) is 61.5 Å². The van der Waals surface area contributed by atoms with Crippen LogP contribution in [-0.2, 0) is 10.0 Å². The minimum atomic E-state index is -5.65. The van der Waals surface area contributed by atoms with Gasteiger partial charge in [0.05, 0.1) is 0 Å². The van der Waals surface area contributed by atoms with Crippen LogP contribution in [0.15, 0.2) is 65.1 Å². The molecular weight excluding hydrogens is 377 g/mol. The topological polar surface area (TPSA) is 49.7 Å². The quantitative estimate of drug-likeness (QED) is 0.756. The molecule has 3 rings (SSSR count). The molecule has 2 aromatic carbocycles. The summed E-state index contributed by atoms with van der Waals surface area (Å²) in [5.41, 5.74) is -2.40. The number of rotatable bonds is 2. The number of amidine groups is 1. The monoisotopic (exact) mass is 394 g/mol. The van der Waals surface area contributed by atoms with Crippen molar-refractivity contribution in [3.05, 3.63) is 71.8 Å². The summed E-state index contributed by atoms with van der Waals surface area (Å²) in [6.45, 7) is 1.62. The van der Waals surface area contributed by atoms with Gasteiger partial charge in [-0.2, -0.15) is 21.6 Å². The minimum absolute atomic E-state index is 0.189. The van der Waals surface area contributed by atoms with Crippen molar-refractivity contribution in [2.24, 2.45) is 10.3 Å². The van der Waals surface area contributed by atoms with Crippen LogP contribution in [0.2, 0.25) is 0 Å². The zero-order valence-electron chi connectivity index (χ0n) is 14.6. The van der Waals surface area contributed by atoms with Gasteiger partial charge in [0.2, 0.25) is 0 Å². The van der Waals surface area contributed by atoms with Gasteiger partial charge in [0.1, 0.15) is 5.84 Å². The van der Waals surface area contributed by atoms with E-state index < -0.39 is 21.4 Å². The van der Waals surface area contributed by atoms with E-state index in [4.69, 9.17) is 0 Å². The van der Waals surface area contributed by atoms with E-state index in [-0.39, 0.29) is 5.84 Å². The molecule has 0 spiro atoms. The van der Waals surface area contributed by atoms with Crippen LogP contribution < -0.4 is 4.90 Å². The smallest absolute Gasteiger partial charge is 0.331 e. The number of hydrogen-bond donors (Lipinski definition) is 0. The summed E-state index contributed by atoms with van der Waals surface area (Å²) in [4.78, 5) is 1.40. The third-order valence-electron chi connectivity index (χ3n) is 4.31. The largest absolute Gasteiger partial charge is 0.518 e. The Morgan fingerprint density at radius 3 is 2.22 bits per heavy atom. The number of alkyl halides is 3. The molecule has 0 aliphatic carbocycles. The summed E-state index contributed by atoms with van der Waals surface area (Å²) in [7, 11) is -4.13. The van der Waals surface area contributed by atoms with Crippen LogP contribution in [0, 0.1) is 5.92 Å². The average Bonchev–Trinajstić information content (AvgIpc) is 2.72. The first kappa shape index (κ1) is 19.2. The Kier molecular flexibility index (Phi) is 4.86. The molecule has 142 valence electrons. The molecule has 0 amide bonds. The Morgan fingerprint density at radius 1 is 1.00 bits per heavy atom. The zero-order chi connectivity index (χ0) is 19.8. The summed E-state index contributed by atoms with van der Waals surface area (Å²) < 4.78 is 64.9. The van der Waals surface area contributed by atoms with Crippen LogP contribution in [0.3, 0.4) is 0 Å². The molecule has 0 bridgehead atoms. The van der Waals surface area contributed by atoms with Crippen molar-refractivity contribution >= 4 is 27.1 Å². The number of anilines is 1. The number of nitrogens with zero attached hydrogens (tertiary/aromatic N) is 2. The van der Waals surface area contributed by atoms with Crippen molar-refractivity contribution < 1.29 is 21.6 Å². The molecule has 0 saturated heterocycles. The van der Waals surface area contributed by atoms with Crippen LogP contribution >= 0.6 is 0 Å². The van der Waals surface area contributed by atoms with Crippen LogP contribution in [0.1, 0.15) is 18.1 Å². The zero-order valence-corrected chi connectivity index (χ0v) is 15.4. The van der Waals surface area contributed by atoms with Crippen LogP contribution in [0.25, 0.3) is 5.57 Å². The number of fused-ring (bicyclic) bond motifs is 1. The third kappa shape index (κ3) is 3.62. The molecule has 1 aliphatic rings. The molecule has 0 aromatic heterocycles. The van der Waals surface area contributed by atoms with Gasteiger partial charge < -0.3 is 4.90 Å². The van der Waals surface area contributed by atoms with Gasteiger partial charge in [0.15, 0.2) is 0 Å². The average molecular weight is 394 g/mol. The van der Waals surface area contributed by atoms with Crippen molar-refractivity contribution in [1.29, 1.82) is 0 Å². The first-order valence-electron chi connectivity index (χ1n) is 8.13. The summed E-state index contributed by atoms with van der Waals surface area (Å²) in [5, 5.41) is 0. The van der Waals surface area contributed by atoms with Crippen molar-refractivity contribution in [1.82, 2.24) is 0 Å². The molecule has 8 heteroatoms. The lowest BCUT2D eigenvalue weighted by Crippen LogP contribution is -2.33. The second kappa shape index (κ2) is 6.84. The second-order valence-corrected chi connectivity index (χ2v) is 7.78. The second-order valence-electron chi connectivity index (χ2n) is 6.18.